The van der Waals surface area contributed by atoms with E-state index >= 15 is 0 Å². The Morgan fingerprint density at radius 3 is 2.27 bits per heavy atom. The molecule has 80 valence electrons. The van der Waals surface area contributed by atoms with Gasteiger partial charge in [-0.3, -0.25) is 9.59 Å². The molecule has 0 fully saturated rings. The molecule has 5 heteroatoms. The zero-order valence-corrected chi connectivity index (χ0v) is 8.95. The molecule has 0 aliphatic rings. The highest BCUT2D eigenvalue weighted by Gasteiger charge is 2.22. The molecule has 0 radical (unpaired) electrons. The number of ketones is 1. The van der Waals surface area contributed by atoms with Crippen LogP contribution in [0.2, 0.25) is 0 Å². The van der Waals surface area contributed by atoms with E-state index in [-0.39, 0.29) is 0 Å². The second-order valence-corrected chi connectivity index (χ2v) is 3.79. The first-order valence-corrected chi connectivity index (χ1v) is 5.45. The fraction of sp³-hybridized carbons (Fsp3) is 0.200. The Morgan fingerprint density at radius 2 is 1.87 bits per heavy atom. The van der Waals surface area contributed by atoms with Gasteiger partial charge in [0.15, 0.2) is 11.8 Å². The number of hydrogen-bond donors (Lipinski definition) is 2. The largest absolute Gasteiger partial charge is 0.480 e. The number of carbonyl (C=O) groups is 2. The van der Waals surface area contributed by atoms with Crippen LogP contribution in [0, 0.1) is 0 Å². The minimum atomic E-state index is -1.48. The van der Waals surface area contributed by atoms with Gasteiger partial charge in [0.1, 0.15) is 0 Å². The Morgan fingerprint density at radius 1 is 1.33 bits per heavy atom. The normalized spacial score (nSPS) is 12.1. The Bertz CT molecular complexity index is 375. The quantitative estimate of drug-likeness (QED) is 0.454. The van der Waals surface area contributed by atoms with Crippen molar-refractivity contribution in [1.29, 1.82) is 0 Å². The topological polar surface area (TPSA) is 80.4 Å². The summed E-state index contributed by atoms with van der Waals surface area (Å²) in [6.45, 7) is 0. The summed E-state index contributed by atoms with van der Waals surface area (Å²) in [4.78, 5) is 23.0. The van der Waals surface area contributed by atoms with Crippen LogP contribution in [0.5, 0.6) is 0 Å². The number of aliphatic carboxylic acids is 1. The van der Waals surface area contributed by atoms with Gasteiger partial charge in [0.2, 0.25) is 0 Å². The number of carboxylic acid groups (broad SMARTS) is 1. The summed E-state index contributed by atoms with van der Waals surface area (Å²) in [5.41, 5.74) is 5.53. The lowest BCUT2D eigenvalue weighted by Crippen LogP contribution is -2.38. The minimum Gasteiger partial charge on any atom is -0.480 e. The van der Waals surface area contributed by atoms with E-state index in [1.54, 1.807) is 36.0 Å². The molecule has 0 bridgehead atoms. The Balaban J connectivity index is 2.87. The molecule has 3 N–H and O–H groups in total. The minimum absolute atomic E-state index is 0.322. The van der Waals surface area contributed by atoms with E-state index in [1.165, 1.54) is 0 Å². The van der Waals surface area contributed by atoms with Crippen molar-refractivity contribution in [3.8, 4) is 0 Å². The molecular weight excluding hydrogens is 214 g/mol. The number of rotatable bonds is 4. The maximum atomic E-state index is 11.5. The Labute approximate surface area is 91.5 Å². The summed E-state index contributed by atoms with van der Waals surface area (Å²) in [5.74, 6) is -1.89. The first kappa shape index (κ1) is 11.7. The lowest BCUT2D eigenvalue weighted by Gasteiger charge is -2.05. The SMILES string of the molecule is CSc1ccc(C(=O)C(N)C(=O)O)cc1. The highest BCUT2D eigenvalue weighted by molar-refractivity contribution is 7.98. The maximum Gasteiger partial charge on any atom is 0.328 e. The smallest absolute Gasteiger partial charge is 0.328 e. The van der Waals surface area contributed by atoms with E-state index in [2.05, 4.69) is 0 Å². The summed E-state index contributed by atoms with van der Waals surface area (Å²) in [5, 5.41) is 8.56. The van der Waals surface area contributed by atoms with Crippen LogP contribution in [0.4, 0.5) is 0 Å². The number of nitrogens with two attached hydrogens (primary N) is 1. The van der Waals surface area contributed by atoms with E-state index < -0.39 is 17.8 Å². The van der Waals surface area contributed by atoms with Gasteiger partial charge >= 0.3 is 5.97 Å². The van der Waals surface area contributed by atoms with E-state index in [1.807, 2.05) is 6.26 Å². The van der Waals surface area contributed by atoms with Gasteiger partial charge in [-0.2, -0.15) is 0 Å². The van der Waals surface area contributed by atoms with Crippen molar-refractivity contribution >= 4 is 23.5 Å². The third-order valence-corrected chi connectivity index (χ3v) is 2.67. The fourth-order valence-corrected chi connectivity index (χ4v) is 1.46. The second-order valence-electron chi connectivity index (χ2n) is 2.91. The van der Waals surface area contributed by atoms with Gasteiger partial charge in [-0.25, -0.2) is 0 Å². The van der Waals surface area contributed by atoms with Crippen molar-refractivity contribution < 1.29 is 14.7 Å². The molecule has 1 atom stereocenters. The lowest BCUT2D eigenvalue weighted by atomic mass is 10.1. The second kappa shape index (κ2) is 4.95. The van der Waals surface area contributed by atoms with Crippen LogP contribution in [-0.2, 0) is 4.79 Å². The van der Waals surface area contributed by atoms with Crippen LogP contribution < -0.4 is 5.73 Å². The van der Waals surface area contributed by atoms with Crippen LogP contribution in [0.3, 0.4) is 0 Å². The van der Waals surface area contributed by atoms with Crippen LogP contribution in [0.1, 0.15) is 10.4 Å². The van der Waals surface area contributed by atoms with Gasteiger partial charge < -0.3 is 10.8 Å². The molecule has 0 amide bonds. The van der Waals surface area contributed by atoms with Crippen molar-refractivity contribution in [3.63, 3.8) is 0 Å². The van der Waals surface area contributed by atoms with Crippen molar-refractivity contribution in [2.24, 2.45) is 5.73 Å². The van der Waals surface area contributed by atoms with Crippen molar-refractivity contribution in [3.05, 3.63) is 29.8 Å². The molecule has 0 spiro atoms. The zero-order chi connectivity index (χ0) is 11.4. The summed E-state index contributed by atoms with van der Waals surface area (Å²) in [6.07, 6.45) is 1.92. The Kier molecular flexibility index (Phi) is 3.88. The predicted molar refractivity (Wildman–Crippen MR) is 58.2 cm³/mol. The molecule has 4 nitrogen and oxygen atoms in total. The number of Topliss-reactive ketones (excluding diaryl/α,β-unsaturated/α-hetero) is 1. The van der Waals surface area contributed by atoms with Crippen LogP contribution in [0.25, 0.3) is 0 Å². The molecule has 0 heterocycles. The third kappa shape index (κ3) is 2.81. The van der Waals surface area contributed by atoms with Gasteiger partial charge in [0.05, 0.1) is 0 Å². The third-order valence-electron chi connectivity index (χ3n) is 1.92. The molecule has 0 aliphatic heterocycles. The summed E-state index contributed by atoms with van der Waals surface area (Å²) in [6, 6.07) is 5.19. The van der Waals surface area contributed by atoms with Gasteiger partial charge in [0.25, 0.3) is 0 Å². The van der Waals surface area contributed by atoms with Crippen LogP contribution in [-0.4, -0.2) is 29.2 Å². The fourth-order valence-electron chi connectivity index (χ4n) is 1.05. The predicted octanol–water partition coefficient (Wildman–Crippen LogP) is 1.00. The standard InChI is InChI=1S/C10H11NO3S/c1-15-7-4-2-6(3-5-7)9(12)8(11)10(13)14/h2-5,8H,11H2,1H3,(H,13,14). The summed E-state index contributed by atoms with van der Waals surface area (Å²) >= 11 is 1.55. The van der Waals surface area contributed by atoms with Crippen molar-refractivity contribution in [2.75, 3.05) is 6.26 Å². The maximum absolute atomic E-state index is 11.5. The number of thioether (sulfide) groups is 1. The highest BCUT2D eigenvalue weighted by atomic mass is 32.2. The number of benzene rings is 1. The van der Waals surface area contributed by atoms with Crippen LogP contribution in [0.15, 0.2) is 29.2 Å². The van der Waals surface area contributed by atoms with Gasteiger partial charge in [0, 0.05) is 10.5 Å². The first-order chi connectivity index (χ1) is 7.06. The molecule has 0 saturated heterocycles. The van der Waals surface area contributed by atoms with Gasteiger partial charge in [-0.15, -0.1) is 11.8 Å². The molecule has 0 aromatic heterocycles. The molecule has 1 aromatic carbocycles. The molecule has 0 saturated carbocycles. The molecule has 1 aromatic rings. The number of carbonyl (C=O) groups excluding carboxylic acids is 1. The average Bonchev–Trinajstić information content (AvgIpc) is 2.27. The molecule has 15 heavy (non-hydrogen) atoms. The van der Waals surface area contributed by atoms with E-state index in [4.69, 9.17) is 10.8 Å². The van der Waals surface area contributed by atoms with Crippen molar-refractivity contribution in [1.82, 2.24) is 0 Å². The lowest BCUT2D eigenvalue weighted by molar-refractivity contribution is -0.137. The van der Waals surface area contributed by atoms with Crippen molar-refractivity contribution in [2.45, 2.75) is 10.9 Å². The Hall–Kier alpha value is -1.33. The molecule has 1 rings (SSSR count). The average molecular weight is 225 g/mol. The van der Waals surface area contributed by atoms with Gasteiger partial charge in [-0.05, 0) is 18.4 Å². The number of carboxylic acids is 1. The summed E-state index contributed by atoms with van der Waals surface area (Å²) < 4.78 is 0. The van der Waals surface area contributed by atoms with E-state index in [0.29, 0.717) is 5.56 Å². The van der Waals surface area contributed by atoms with E-state index in [0.717, 1.165) is 4.90 Å². The van der Waals surface area contributed by atoms with Crippen LogP contribution >= 0.6 is 11.8 Å². The van der Waals surface area contributed by atoms with E-state index in [9.17, 15) is 9.59 Å². The molecule has 0 aliphatic carbocycles. The molecular formula is C10H11NO3S. The highest BCUT2D eigenvalue weighted by Crippen LogP contribution is 2.15. The first-order valence-electron chi connectivity index (χ1n) is 4.23. The number of hydrogen-bond acceptors (Lipinski definition) is 4. The zero-order valence-electron chi connectivity index (χ0n) is 8.14. The van der Waals surface area contributed by atoms with Gasteiger partial charge in [-0.1, -0.05) is 12.1 Å². The summed E-state index contributed by atoms with van der Waals surface area (Å²) in [7, 11) is 0. The monoisotopic (exact) mass is 225 g/mol. The molecule has 1 unspecified atom stereocenters.